The summed E-state index contributed by atoms with van der Waals surface area (Å²) in [5.41, 5.74) is 0. The predicted octanol–water partition coefficient (Wildman–Crippen LogP) is 3.36. The highest BCUT2D eigenvalue weighted by molar-refractivity contribution is 9.09. The van der Waals surface area contributed by atoms with Crippen molar-refractivity contribution in [2.75, 3.05) is 5.33 Å². The molecule has 0 spiro atoms. The Hall–Kier alpha value is 0.270. The second-order valence-electron chi connectivity index (χ2n) is 2.25. The van der Waals surface area contributed by atoms with Crippen molar-refractivity contribution >= 4 is 15.9 Å². The van der Waals surface area contributed by atoms with Gasteiger partial charge in [0.2, 0.25) is 0 Å². The van der Waals surface area contributed by atoms with E-state index < -0.39 is 12.6 Å². The van der Waals surface area contributed by atoms with Gasteiger partial charge in [-0.1, -0.05) is 29.3 Å². The van der Waals surface area contributed by atoms with Crippen LogP contribution < -0.4 is 0 Å². The van der Waals surface area contributed by atoms with E-state index in [4.69, 9.17) is 0 Å². The minimum absolute atomic E-state index is 0.264. The zero-order valence-corrected chi connectivity index (χ0v) is 7.30. The van der Waals surface area contributed by atoms with Crippen molar-refractivity contribution in [1.82, 2.24) is 0 Å². The van der Waals surface area contributed by atoms with E-state index in [1.165, 1.54) is 0 Å². The first-order valence-electron chi connectivity index (χ1n) is 3.12. The van der Waals surface area contributed by atoms with Crippen LogP contribution >= 0.6 is 15.9 Å². The number of hydrogen-bond donors (Lipinski definition) is 0. The Morgan fingerprint density at radius 2 is 1.90 bits per heavy atom. The van der Waals surface area contributed by atoms with Crippen LogP contribution in [0.25, 0.3) is 0 Å². The summed E-state index contributed by atoms with van der Waals surface area (Å²) in [5.74, 6) is -0.264. The van der Waals surface area contributed by atoms with E-state index in [1.54, 1.807) is 6.92 Å². The van der Waals surface area contributed by atoms with Crippen LogP contribution in [0.4, 0.5) is 13.2 Å². The highest BCUT2D eigenvalue weighted by Crippen LogP contribution is 2.27. The third kappa shape index (κ3) is 5.09. The fourth-order valence-corrected chi connectivity index (χ4v) is 1.32. The van der Waals surface area contributed by atoms with Gasteiger partial charge in [0.15, 0.2) is 0 Å². The van der Waals surface area contributed by atoms with Crippen LogP contribution in [0, 0.1) is 5.92 Å². The van der Waals surface area contributed by atoms with Gasteiger partial charge in [0.25, 0.3) is 0 Å². The molecule has 0 saturated carbocycles. The van der Waals surface area contributed by atoms with Gasteiger partial charge in [-0.3, -0.25) is 0 Å². The van der Waals surface area contributed by atoms with Crippen LogP contribution in [-0.4, -0.2) is 11.5 Å². The molecule has 0 aliphatic carbocycles. The summed E-state index contributed by atoms with van der Waals surface area (Å²) in [4.78, 5) is 0. The molecule has 0 radical (unpaired) electrons. The normalized spacial score (nSPS) is 15.3. The quantitative estimate of drug-likeness (QED) is 0.638. The van der Waals surface area contributed by atoms with Gasteiger partial charge in [-0.05, 0) is 5.92 Å². The maximum atomic E-state index is 11.7. The standard InChI is InChI=1S/C6H10BrF3/c1-2-5(4-7)3-6(8,9)10/h5H,2-4H2,1H3/t5-/m0/s1. The van der Waals surface area contributed by atoms with Crippen LogP contribution in [0.5, 0.6) is 0 Å². The Balaban J connectivity index is 3.63. The van der Waals surface area contributed by atoms with Gasteiger partial charge in [-0.2, -0.15) is 13.2 Å². The first kappa shape index (κ1) is 10.3. The number of rotatable bonds is 3. The molecule has 0 rings (SSSR count). The second-order valence-corrected chi connectivity index (χ2v) is 2.90. The maximum absolute atomic E-state index is 11.7. The van der Waals surface area contributed by atoms with Crippen molar-refractivity contribution in [2.24, 2.45) is 5.92 Å². The van der Waals surface area contributed by atoms with Crippen LogP contribution in [0.2, 0.25) is 0 Å². The molecular weight excluding hydrogens is 209 g/mol. The Labute approximate surface area is 66.9 Å². The average Bonchev–Trinajstić information content (AvgIpc) is 1.81. The molecule has 0 bridgehead atoms. The molecule has 4 heteroatoms. The first-order chi connectivity index (χ1) is 4.49. The van der Waals surface area contributed by atoms with Crippen molar-refractivity contribution in [2.45, 2.75) is 25.9 Å². The average molecular weight is 219 g/mol. The van der Waals surface area contributed by atoms with Gasteiger partial charge in [0.05, 0.1) is 0 Å². The lowest BCUT2D eigenvalue weighted by Gasteiger charge is -2.13. The molecule has 0 fully saturated rings. The van der Waals surface area contributed by atoms with Gasteiger partial charge in [0.1, 0.15) is 0 Å². The van der Waals surface area contributed by atoms with Crippen molar-refractivity contribution in [1.29, 1.82) is 0 Å². The van der Waals surface area contributed by atoms with E-state index >= 15 is 0 Å². The summed E-state index contributed by atoms with van der Waals surface area (Å²) in [7, 11) is 0. The molecule has 0 nitrogen and oxygen atoms in total. The lowest BCUT2D eigenvalue weighted by atomic mass is 10.1. The van der Waals surface area contributed by atoms with Gasteiger partial charge in [0, 0.05) is 11.8 Å². The van der Waals surface area contributed by atoms with E-state index in [9.17, 15) is 13.2 Å². The van der Waals surface area contributed by atoms with Gasteiger partial charge in [-0.15, -0.1) is 0 Å². The molecule has 0 aliphatic heterocycles. The molecule has 0 aliphatic rings. The van der Waals surface area contributed by atoms with Crippen molar-refractivity contribution in [3.05, 3.63) is 0 Å². The van der Waals surface area contributed by atoms with Crippen LogP contribution in [0.15, 0.2) is 0 Å². The minimum Gasteiger partial charge on any atom is -0.171 e. The Bertz CT molecular complexity index is 85.5. The molecule has 0 aromatic heterocycles. The van der Waals surface area contributed by atoms with E-state index in [2.05, 4.69) is 15.9 Å². The predicted molar refractivity (Wildman–Crippen MR) is 38.2 cm³/mol. The third-order valence-electron chi connectivity index (χ3n) is 1.32. The summed E-state index contributed by atoms with van der Waals surface area (Å²) in [6.07, 6.45) is -4.10. The summed E-state index contributed by atoms with van der Waals surface area (Å²) >= 11 is 3.03. The Kier molecular flexibility index (Phi) is 4.32. The Morgan fingerprint density at radius 1 is 1.40 bits per heavy atom. The van der Waals surface area contributed by atoms with E-state index in [-0.39, 0.29) is 5.92 Å². The number of alkyl halides is 4. The monoisotopic (exact) mass is 218 g/mol. The number of hydrogen-bond acceptors (Lipinski definition) is 0. The molecule has 0 N–H and O–H groups in total. The molecule has 0 aromatic rings. The highest BCUT2D eigenvalue weighted by atomic mass is 79.9. The zero-order chi connectivity index (χ0) is 8.20. The largest absolute Gasteiger partial charge is 0.389 e. The summed E-state index contributed by atoms with van der Waals surface area (Å²) < 4.78 is 35.0. The summed E-state index contributed by atoms with van der Waals surface area (Å²) in [5, 5.41) is 0.434. The lowest BCUT2D eigenvalue weighted by Crippen LogP contribution is -2.15. The molecular formula is C6H10BrF3. The van der Waals surface area contributed by atoms with Crippen molar-refractivity contribution in [3.8, 4) is 0 Å². The fraction of sp³-hybridized carbons (Fsp3) is 1.00. The molecule has 0 amide bonds. The highest BCUT2D eigenvalue weighted by Gasteiger charge is 2.30. The summed E-state index contributed by atoms with van der Waals surface area (Å²) in [6, 6.07) is 0. The first-order valence-corrected chi connectivity index (χ1v) is 4.24. The lowest BCUT2D eigenvalue weighted by molar-refractivity contribution is -0.142. The molecule has 0 unspecified atom stereocenters. The Morgan fingerprint density at radius 3 is 2.00 bits per heavy atom. The van der Waals surface area contributed by atoms with Crippen LogP contribution in [-0.2, 0) is 0 Å². The molecule has 0 saturated heterocycles. The molecule has 1 atom stereocenters. The smallest absolute Gasteiger partial charge is 0.171 e. The van der Waals surface area contributed by atoms with Gasteiger partial charge >= 0.3 is 6.18 Å². The fourth-order valence-electron chi connectivity index (χ4n) is 0.635. The van der Waals surface area contributed by atoms with Crippen molar-refractivity contribution in [3.63, 3.8) is 0 Å². The van der Waals surface area contributed by atoms with Crippen molar-refractivity contribution < 1.29 is 13.2 Å². The third-order valence-corrected chi connectivity index (χ3v) is 2.23. The SMILES string of the molecule is CC[C@H](CBr)CC(F)(F)F. The number of halogens is 4. The van der Waals surface area contributed by atoms with Crippen LogP contribution in [0.3, 0.4) is 0 Å². The zero-order valence-electron chi connectivity index (χ0n) is 5.71. The van der Waals surface area contributed by atoms with Gasteiger partial charge < -0.3 is 0 Å². The van der Waals surface area contributed by atoms with Crippen LogP contribution in [0.1, 0.15) is 19.8 Å². The topological polar surface area (TPSA) is 0 Å². The minimum atomic E-state index is -4.01. The molecule has 0 aromatic carbocycles. The molecule has 62 valence electrons. The molecule has 0 heterocycles. The molecule has 10 heavy (non-hydrogen) atoms. The van der Waals surface area contributed by atoms with Gasteiger partial charge in [-0.25, -0.2) is 0 Å². The second kappa shape index (κ2) is 4.21. The van der Waals surface area contributed by atoms with E-state index in [0.29, 0.717) is 11.8 Å². The summed E-state index contributed by atoms with van der Waals surface area (Å²) in [6.45, 7) is 1.76. The van der Waals surface area contributed by atoms with E-state index in [0.717, 1.165) is 0 Å². The maximum Gasteiger partial charge on any atom is 0.389 e. The van der Waals surface area contributed by atoms with E-state index in [1.807, 2.05) is 0 Å².